The largest absolute Gasteiger partial charge is 0.508 e. The van der Waals surface area contributed by atoms with E-state index in [1.165, 1.54) is 26.4 Å². The van der Waals surface area contributed by atoms with Crippen LogP contribution < -0.4 is 14.2 Å². The van der Waals surface area contributed by atoms with Crippen LogP contribution in [0.4, 0.5) is 0 Å². The molecule has 0 unspecified atom stereocenters. The van der Waals surface area contributed by atoms with Crippen LogP contribution in [0, 0.1) is 12.8 Å². The number of carbonyl (C=O) groups excluding carboxylic acids is 1. The molecule has 0 radical (unpaired) electrons. The lowest BCUT2D eigenvalue weighted by Gasteiger charge is -2.40. The second-order valence-corrected chi connectivity index (χ2v) is 9.24. The summed E-state index contributed by atoms with van der Waals surface area (Å²) >= 11 is 0. The Labute approximate surface area is 208 Å². The van der Waals surface area contributed by atoms with Crippen LogP contribution in [-0.4, -0.2) is 48.7 Å². The molecule has 5 atom stereocenters. The van der Waals surface area contributed by atoms with Gasteiger partial charge in [-0.05, 0) is 30.2 Å². The number of esters is 1. The molecular weight excluding hydrogens is 464 g/mol. The van der Waals surface area contributed by atoms with Crippen LogP contribution in [0.2, 0.25) is 0 Å². The van der Waals surface area contributed by atoms with Gasteiger partial charge >= 0.3 is 5.97 Å². The minimum atomic E-state index is -2.15. The number of hydrogen-bond donors (Lipinski definition) is 3. The molecule has 36 heavy (non-hydrogen) atoms. The topological polar surface area (TPSA) is 115 Å². The average Bonchev–Trinajstić information content (AvgIpc) is 3.26. The molecule has 3 aromatic rings. The molecular formula is C28H28O8. The molecule has 1 heterocycles. The van der Waals surface area contributed by atoms with Gasteiger partial charge in [-0.25, -0.2) is 0 Å². The molecule has 188 valence electrons. The van der Waals surface area contributed by atoms with Gasteiger partial charge in [0.25, 0.3) is 0 Å². The highest BCUT2D eigenvalue weighted by atomic mass is 16.5. The smallest absolute Gasteiger partial charge is 0.312 e. The fourth-order valence-corrected chi connectivity index (χ4v) is 5.91. The van der Waals surface area contributed by atoms with Crippen molar-refractivity contribution in [1.82, 2.24) is 0 Å². The van der Waals surface area contributed by atoms with Gasteiger partial charge in [0.05, 0.1) is 32.8 Å². The fourth-order valence-electron chi connectivity index (χ4n) is 5.91. The zero-order valence-corrected chi connectivity index (χ0v) is 20.4. The third-order valence-corrected chi connectivity index (χ3v) is 7.48. The summed E-state index contributed by atoms with van der Waals surface area (Å²) in [6, 6.07) is 17.1. The van der Waals surface area contributed by atoms with Gasteiger partial charge in [0, 0.05) is 18.1 Å². The number of fused-ring (bicyclic) bond motifs is 3. The minimum Gasteiger partial charge on any atom is -0.508 e. The number of phenols is 1. The third kappa shape index (κ3) is 3.04. The van der Waals surface area contributed by atoms with Crippen molar-refractivity contribution in [3.8, 4) is 23.0 Å². The zero-order chi connectivity index (χ0) is 25.8. The van der Waals surface area contributed by atoms with Crippen LogP contribution in [0.1, 0.15) is 28.2 Å². The number of carbonyl (C=O) groups is 1. The molecule has 0 amide bonds. The molecule has 1 saturated carbocycles. The van der Waals surface area contributed by atoms with Crippen LogP contribution >= 0.6 is 0 Å². The molecule has 1 aliphatic heterocycles. The van der Waals surface area contributed by atoms with Crippen LogP contribution in [0.5, 0.6) is 23.0 Å². The quantitative estimate of drug-likeness (QED) is 0.466. The van der Waals surface area contributed by atoms with Crippen molar-refractivity contribution in [3.05, 3.63) is 82.9 Å². The van der Waals surface area contributed by atoms with Gasteiger partial charge in [0.1, 0.15) is 29.1 Å². The Balaban J connectivity index is 1.88. The third-order valence-electron chi connectivity index (χ3n) is 7.48. The number of aliphatic hydroxyl groups excluding tert-OH is 1. The number of aliphatic hydroxyl groups is 2. The Morgan fingerprint density at radius 1 is 0.972 bits per heavy atom. The van der Waals surface area contributed by atoms with Crippen molar-refractivity contribution in [2.75, 3.05) is 21.3 Å². The van der Waals surface area contributed by atoms with Gasteiger partial charge in [0.2, 0.25) is 0 Å². The average molecular weight is 493 g/mol. The van der Waals surface area contributed by atoms with Crippen molar-refractivity contribution in [1.29, 1.82) is 0 Å². The van der Waals surface area contributed by atoms with Crippen molar-refractivity contribution in [3.63, 3.8) is 0 Å². The summed E-state index contributed by atoms with van der Waals surface area (Å²) in [6.07, 6.45) is -1.64. The predicted molar refractivity (Wildman–Crippen MR) is 129 cm³/mol. The first-order valence-electron chi connectivity index (χ1n) is 11.5. The molecule has 0 bridgehead atoms. The molecule has 1 fully saturated rings. The molecule has 3 aromatic carbocycles. The van der Waals surface area contributed by atoms with Crippen molar-refractivity contribution in [2.24, 2.45) is 5.92 Å². The number of phenolic OH excluding ortho intramolecular Hbond substituents is 1. The molecule has 8 heteroatoms. The molecule has 0 spiro atoms. The lowest BCUT2D eigenvalue weighted by molar-refractivity contribution is -0.161. The first-order chi connectivity index (χ1) is 17.2. The van der Waals surface area contributed by atoms with Crippen LogP contribution in [0.15, 0.2) is 60.7 Å². The Morgan fingerprint density at radius 3 is 2.22 bits per heavy atom. The van der Waals surface area contributed by atoms with Gasteiger partial charge < -0.3 is 34.3 Å². The highest BCUT2D eigenvalue weighted by Crippen LogP contribution is 2.70. The SMILES string of the molecule is COC(=O)[C@H]1[C@@H](O)[C@@]2(O)c3c(OC)cc(O)cc3O[C@@]2(c2ccc(OC)cc2)[C@@H]1c1ccc(C)cc1. The Hall–Kier alpha value is -3.75. The first-order valence-corrected chi connectivity index (χ1v) is 11.5. The summed E-state index contributed by atoms with van der Waals surface area (Å²) in [4.78, 5) is 13.2. The van der Waals surface area contributed by atoms with Gasteiger partial charge in [-0.2, -0.15) is 0 Å². The Kier molecular flexibility index (Phi) is 5.61. The number of ether oxygens (including phenoxy) is 4. The van der Waals surface area contributed by atoms with E-state index in [9.17, 15) is 20.1 Å². The molecule has 3 N–H and O–H groups in total. The summed E-state index contributed by atoms with van der Waals surface area (Å²) < 4.78 is 22.5. The lowest BCUT2D eigenvalue weighted by Crippen LogP contribution is -2.52. The minimum absolute atomic E-state index is 0.120. The van der Waals surface area contributed by atoms with Crippen molar-refractivity contribution < 1.29 is 39.1 Å². The van der Waals surface area contributed by atoms with E-state index in [-0.39, 0.29) is 22.8 Å². The van der Waals surface area contributed by atoms with E-state index in [1.54, 1.807) is 31.4 Å². The Bertz CT molecular complexity index is 1300. The number of hydrogen-bond acceptors (Lipinski definition) is 8. The van der Waals surface area contributed by atoms with Crippen LogP contribution in [-0.2, 0) is 20.7 Å². The lowest BCUT2D eigenvalue weighted by atomic mass is 9.70. The summed E-state index contributed by atoms with van der Waals surface area (Å²) in [5.74, 6) is -2.04. The van der Waals surface area contributed by atoms with E-state index < -0.39 is 35.1 Å². The maximum absolute atomic E-state index is 13.2. The maximum Gasteiger partial charge on any atom is 0.312 e. The normalized spacial score (nSPS) is 28.1. The number of aromatic hydroxyl groups is 1. The van der Waals surface area contributed by atoms with E-state index in [0.717, 1.165) is 5.56 Å². The molecule has 8 nitrogen and oxygen atoms in total. The summed E-state index contributed by atoms with van der Waals surface area (Å²) in [5, 5.41) is 34.7. The van der Waals surface area contributed by atoms with E-state index in [1.807, 2.05) is 31.2 Å². The van der Waals surface area contributed by atoms with Crippen LogP contribution in [0.3, 0.4) is 0 Å². The zero-order valence-electron chi connectivity index (χ0n) is 20.4. The molecule has 0 aromatic heterocycles. The van der Waals surface area contributed by atoms with Crippen LogP contribution in [0.25, 0.3) is 0 Å². The summed E-state index contributed by atoms with van der Waals surface area (Å²) in [6.45, 7) is 1.94. The van der Waals surface area contributed by atoms with E-state index in [2.05, 4.69) is 0 Å². The number of methoxy groups -OCH3 is 3. The number of benzene rings is 3. The second kappa shape index (κ2) is 8.43. The van der Waals surface area contributed by atoms with Gasteiger partial charge in [-0.15, -0.1) is 0 Å². The monoisotopic (exact) mass is 492 g/mol. The van der Waals surface area contributed by atoms with Gasteiger partial charge in [-0.3, -0.25) is 4.79 Å². The number of aryl methyl sites for hydroxylation is 1. The summed E-state index contributed by atoms with van der Waals surface area (Å²) in [5.41, 5.74) is -1.52. The molecule has 2 aliphatic rings. The van der Waals surface area contributed by atoms with E-state index in [4.69, 9.17) is 18.9 Å². The standard InChI is InChI=1S/C28H28O8/c1-15-5-7-16(8-6-15)23-22(26(31)35-4)25(30)27(32)24-20(34-3)13-18(29)14-21(24)36-28(23,27)17-9-11-19(33-2)12-10-17/h5-14,22-23,25,29-30,32H,1-4H3/t22-,23-,25-,27+,28+/m1/s1. The predicted octanol–water partition coefficient (Wildman–Crippen LogP) is 3.14. The highest BCUT2D eigenvalue weighted by Gasteiger charge is 2.78. The molecule has 5 rings (SSSR count). The van der Waals surface area contributed by atoms with Crippen molar-refractivity contribution in [2.45, 2.75) is 30.1 Å². The van der Waals surface area contributed by atoms with Gasteiger partial charge in [0.15, 0.2) is 11.2 Å². The molecule has 1 aliphatic carbocycles. The first kappa shape index (κ1) is 24.0. The maximum atomic E-state index is 13.2. The summed E-state index contributed by atoms with van der Waals surface area (Å²) in [7, 11) is 4.18. The van der Waals surface area contributed by atoms with E-state index in [0.29, 0.717) is 16.9 Å². The second-order valence-electron chi connectivity index (χ2n) is 9.24. The van der Waals surface area contributed by atoms with Gasteiger partial charge in [-0.1, -0.05) is 42.0 Å². The highest BCUT2D eigenvalue weighted by molar-refractivity contribution is 5.78. The molecule has 0 saturated heterocycles. The van der Waals surface area contributed by atoms with Crippen molar-refractivity contribution >= 4 is 5.97 Å². The Morgan fingerprint density at radius 2 is 1.64 bits per heavy atom. The van der Waals surface area contributed by atoms with E-state index >= 15 is 0 Å². The number of rotatable bonds is 5. The fraction of sp³-hybridized carbons (Fsp3) is 0.321.